The summed E-state index contributed by atoms with van der Waals surface area (Å²) in [7, 11) is 1.53. The fraction of sp³-hybridized carbons (Fsp3) is 0.391. The van der Waals surface area contributed by atoms with Gasteiger partial charge in [-0.3, -0.25) is 9.59 Å². The van der Waals surface area contributed by atoms with Gasteiger partial charge in [0.05, 0.1) is 25.3 Å². The van der Waals surface area contributed by atoms with Crippen LogP contribution in [0, 0.1) is 0 Å². The number of nitrogens with zero attached hydrogens (tertiary/aromatic N) is 1. The van der Waals surface area contributed by atoms with Gasteiger partial charge in [-0.1, -0.05) is 24.3 Å². The summed E-state index contributed by atoms with van der Waals surface area (Å²) in [6.45, 7) is 3.63. The zero-order valence-corrected chi connectivity index (χ0v) is 17.0. The van der Waals surface area contributed by atoms with Crippen molar-refractivity contribution in [3.63, 3.8) is 0 Å². The van der Waals surface area contributed by atoms with Crippen LogP contribution in [0.15, 0.2) is 48.5 Å². The minimum Gasteiger partial charge on any atom is -0.496 e. The van der Waals surface area contributed by atoms with Crippen LogP contribution in [0.25, 0.3) is 0 Å². The van der Waals surface area contributed by atoms with Gasteiger partial charge in [0.25, 0.3) is 5.91 Å². The fourth-order valence-corrected chi connectivity index (χ4v) is 3.72. The first-order valence-corrected chi connectivity index (χ1v) is 10.1. The molecule has 0 spiro atoms. The van der Waals surface area contributed by atoms with Gasteiger partial charge in [0.15, 0.2) is 0 Å². The lowest BCUT2D eigenvalue weighted by Gasteiger charge is -2.25. The number of hydrogen-bond donors (Lipinski definition) is 1. The Bertz CT molecular complexity index is 835. The Balaban J connectivity index is 1.55. The molecule has 0 aliphatic carbocycles. The van der Waals surface area contributed by atoms with E-state index in [9.17, 15) is 9.59 Å². The van der Waals surface area contributed by atoms with Crippen molar-refractivity contribution in [2.75, 3.05) is 26.8 Å². The van der Waals surface area contributed by atoms with E-state index >= 15 is 0 Å². The molecule has 2 amide bonds. The normalized spacial score (nSPS) is 15.8. The van der Waals surface area contributed by atoms with Crippen molar-refractivity contribution in [2.24, 2.45) is 0 Å². The van der Waals surface area contributed by atoms with Crippen LogP contribution in [0.1, 0.15) is 48.1 Å². The number of rotatable bonds is 8. The molecule has 1 atom stereocenters. The Morgan fingerprint density at radius 1 is 1.14 bits per heavy atom. The third-order valence-electron chi connectivity index (χ3n) is 5.13. The van der Waals surface area contributed by atoms with Crippen LogP contribution >= 0.6 is 0 Å². The second-order valence-electron chi connectivity index (χ2n) is 6.95. The number of ether oxygens (including phenoxy) is 2. The van der Waals surface area contributed by atoms with Crippen LogP contribution < -0.4 is 14.8 Å². The standard InChI is InChI=1S/C23H28N2O4/c1-3-29-18-12-10-17(11-13-18)20-8-6-16-25(20)22(26)14-15-24-23(27)19-7-4-5-9-21(19)28-2/h4-5,7,9-13,20H,3,6,8,14-16H2,1-2H3,(H,24,27). The fourth-order valence-electron chi connectivity index (χ4n) is 3.72. The van der Waals surface area contributed by atoms with Gasteiger partial charge in [0.1, 0.15) is 11.5 Å². The second-order valence-corrected chi connectivity index (χ2v) is 6.95. The molecule has 0 aromatic heterocycles. The highest BCUT2D eigenvalue weighted by Crippen LogP contribution is 2.33. The van der Waals surface area contributed by atoms with Crippen LogP contribution in [0.2, 0.25) is 0 Å². The minimum atomic E-state index is -0.236. The van der Waals surface area contributed by atoms with Gasteiger partial charge in [0.2, 0.25) is 5.91 Å². The lowest BCUT2D eigenvalue weighted by Crippen LogP contribution is -2.34. The van der Waals surface area contributed by atoms with Crippen molar-refractivity contribution in [1.29, 1.82) is 0 Å². The van der Waals surface area contributed by atoms with Crippen LogP contribution in [-0.4, -0.2) is 43.5 Å². The molecule has 1 unspecified atom stereocenters. The third kappa shape index (κ3) is 5.08. The number of carbonyl (C=O) groups is 2. The Labute approximate surface area is 171 Å². The molecule has 1 fully saturated rings. The van der Waals surface area contributed by atoms with Crippen molar-refractivity contribution in [1.82, 2.24) is 10.2 Å². The summed E-state index contributed by atoms with van der Waals surface area (Å²) in [5.41, 5.74) is 1.59. The van der Waals surface area contributed by atoms with Gasteiger partial charge < -0.3 is 19.7 Å². The van der Waals surface area contributed by atoms with E-state index in [1.165, 1.54) is 7.11 Å². The zero-order chi connectivity index (χ0) is 20.6. The maximum Gasteiger partial charge on any atom is 0.255 e. The molecule has 0 radical (unpaired) electrons. The SMILES string of the molecule is CCOc1ccc(C2CCCN2C(=O)CCNC(=O)c2ccccc2OC)cc1. The molecule has 1 saturated heterocycles. The molecule has 0 saturated carbocycles. The third-order valence-corrected chi connectivity index (χ3v) is 5.13. The summed E-state index contributed by atoms with van der Waals surface area (Å²) in [5, 5.41) is 2.82. The van der Waals surface area contributed by atoms with Crippen molar-refractivity contribution in [3.05, 3.63) is 59.7 Å². The molecule has 1 aliphatic rings. The monoisotopic (exact) mass is 396 g/mol. The molecule has 3 rings (SSSR count). The molecular formula is C23H28N2O4. The number of methoxy groups -OCH3 is 1. The second kappa shape index (κ2) is 9.96. The van der Waals surface area contributed by atoms with Crippen LogP contribution in [0.3, 0.4) is 0 Å². The number of benzene rings is 2. The van der Waals surface area contributed by atoms with E-state index in [4.69, 9.17) is 9.47 Å². The van der Waals surface area contributed by atoms with E-state index in [0.29, 0.717) is 24.5 Å². The quantitative estimate of drug-likeness (QED) is 0.741. The number of likely N-dealkylation sites (tertiary alicyclic amines) is 1. The molecule has 154 valence electrons. The van der Waals surface area contributed by atoms with E-state index in [1.54, 1.807) is 18.2 Å². The van der Waals surface area contributed by atoms with Gasteiger partial charge in [-0.05, 0) is 49.6 Å². The molecular weight excluding hydrogens is 368 g/mol. The van der Waals surface area contributed by atoms with Crippen LogP contribution in [0.5, 0.6) is 11.5 Å². The topological polar surface area (TPSA) is 67.9 Å². The lowest BCUT2D eigenvalue weighted by atomic mass is 10.0. The summed E-state index contributed by atoms with van der Waals surface area (Å²) in [4.78, 5) is 27.1. The Morgan fingerprint density at radius 2 is 1.90 bits per heavy atom. The highest BCUT2D eigenvalue weighted by molar-refractivity contribution is 5.97. The highest BCUT2D eigenvalue weighted by atomic mass is 16.5. The predicted octanol–water partition coefficient (Wildman–Crippen LogP) is 3.58. The van der Waals surface area contributed by atoms with E-state index in [0.717, 1.165) is 30.7 Å². The predicted molar refractivity (Wildman–Crippen MR) is 111 cm³/mol. The van der Waals surface area contributed by atoms with E-state index in [1.807, 2.05) is 42.2 Å². The molecule has 2 aromatic rings. The van der Waals surface area contributed by atoms with Crippen molar-refractivity contribution in [3.8, 4) is 11.5 Å². The molecule has 29 heavy (non-hydrogen) atoms. The molecule has 1 heterocycles. The van der Waals surface area contributed by atoms with Gasteiger partial charge in [-0.25, -0.2) is 0 Å². The number of hydrogen-bond acceptors (Lipinski definition) is 4. The summed E-state index contributed by atoms with van der Waals surface area (Å²) < 4.78 is 10.7. The number of para-hydroxylation sites is 1. The lowest BCUT2D eigenvalue weighted by molar-refractivity contribution is -0.132. The molecule has 2 aromatic carbocycles. The summed E-state index contributed by atoms with van der Waals surface area (Å²) in [5.74, 6) is 1.18. The van der Waals surface area contributed by atoms with Crippen LogP contribution in [0.4, 0.5) is 0 Å². The first-order valence-electron chi connectivity index (χ1n) is 10.1. The molecule has 0 bridgehead atoms. The number of amides is 2. The first kappa shape index (κ1) is 20.7. The van der Waals surface area contributed by atoms with E-state index in [2.05, 4.69) is 5.32 Å². The minimum absolute atomic E-state index is 0.0571. The highest BCUT2D eigenvalue weighted by Gasteiger charge is 2.29. The number of nitrogens with one attached hydrogen (secondary N) is 1. The maximum atomic E-state index is 12.8. The Morgan fingerprint density at radius 3 is 2.62 bits per heavy atom. The average molecular weight is 396 g/mol. The first-order chi connectivity index (χ1) is 14.1. The largest absolute Gasteiger partial charge is 0.496 e. The van der Waals surface area contributed by atoms with Crippen molar-refractivity contribution in [2.45, 2.75) is 32.2 Å². The summed E-state index contributed by atoms with van der Waals surface area (Å²) in [6.07, 6.45) is 2.21. The number of carbonyl (C=O) groups excluding carboxylic acids is 2. The Kier molecular flexibility index (Phi) is 7.11. The summed E-state index contributed by atoms with van der Waals surface area (Å²) in [6, 6.07) is 15.1. The molecule has 1 N–H and O–H groups in total. The van der Waals surface area contributed by atoms with Crippen molar-refractivity contribution < 1.29 is 19.1 Å². The van der Waals surface area contributed by atoms with Gasteiger partial charge in [-0.2, -0.15) is 0 Å². The molecule has 6 heteroatoms. The van der Waals surface area contributed by atoms with Gasteiger partial charge in [-0.15, -0.1) is 0 Å². The van der Waals surface area contributed by atoms with E-state index < -0.39 is 0 Å². The average Bonchev–Trinajstić information content (AvgIpc) is 3.24. The Hall–Kier alpha value is -3.02. The van der Waals surface area contributed by atoms with Gasteiger partial charge >= 0.3 is 0 Å². The van der Waals surface area contributed by atoms with E-state index in [-0.39, 0.29) is 24.3 Å². The van der Waals surface area contributed by atoms with Crippen molar-refractivity contribution >= 4 is 11.8 Å². The van der Waals surface area contributed by atoms with Gasteiger partial charge in [0, 0.05) is 19.5 Å². The zero-order valence-electron chi connectivity index (χ0n) is 17.0. The smallest absolute Gasteiger partial charge is 0.255 e. The summed E-state index contributed by atoms with van der Waals surface area (Å²) >= 11 is 0. The maximum absolute atomic E-state index is 12.8. The molecule has 1 aliphatic heterocycles. The van der Waals surface area contributed by atoms with Crippen LogP contribution in [-0.2, 0) is 4.79 Å². The molecule has 6 nitrogen and oxygen atoms in total.